The molecule has 0 unspecified atom stereocenters. The molecule has 0 amide bonds. The first-order valence-electron chi connectivity index (χ1n) is 6.10. The van der Waals surface area contributed by atoms with E-state index in [-0.39, 0.29) is 5.69 Å². The summed E-state index contributed by atoms with van der Waals surface area (Å²) in [4.78, 5) is 10.5. The van der Waals surface area contributed by atoms with Crippen molar-refractivity contribution in [1.82, 2.24) is 0 Å². The van der Waals surface area contributed by atoms with Crippen molar-refractivity contribution in [2.45, 2.75) is 12.2 Å². The molecule has 0 aliphatic carbocycles. The van der Waals surface area contributed by atoms with Gasteiger partial charge < -0.3 is 0 Å². The maximum atomic E-state index is 10.9. The van der Waals surface area contributed by atoms with E-state index in [1.165, 1.54) is 6.07 Å². The van der Waals surface area contributed by atoms with Gasteiger partial charge >= 0.3 is 0 Å². The average Bonchev–Trinajstić information content (AvgIpc) is 2.40. The fourth-order valence-corrected chi connectivity index (χ4v) is 2.64. The van der Waals surface area contributed by atoms with Crippen LogP contribution >= 0.6 is 0 Å². The smallest absolute Gasteiger partial charge is 0.272 e. The number of para-hydroxylation sites is 1. The van der Waals surface area contributed by atoms with Crippen molar-refractivity contribution < 1.29 is 17.9 Å². The van der Waals surface area contributed by atoms with Crippen LogP contribution in [0.1, 0.15) is 16.7 Å². The summed E-state index contributed by atoms with van der Waals surface area (Å²) in [5.74, 6) is -0.446. The van der Waals surface area contributed by atoms with Gasteiger partial charge in [-0.15, -0.1) is 0 Å². The quantitative estimate of drug-likeness (QED) is 0.520. The van der Waals surface area contributed by atoms with E-state index in [2.05, 4.69) is 0 Å². The monoisotopic (exact) mass is 307 g/mol. The van der Waals surface area contributed by atoms with Crippen LogP contribution in [0.5, 0.6) is 0 Å². The standard InChI is InChI=1S/C14H13NO5S/c16-15(17)14-4-2-1-3-13(14)9-11-5-7-12(8-6-11)10-21(18,19)20/h1-8H,9-10H2,(H,18,19,20). The van der Waals surface area contributed by atoms with E-state index in [0.717, 1.165) is 5.56 Å². The molecule has 7 heteroatoms. The van der Waals surface area contributed by atoms with Crippen molar-refractivity contribution in [2.24, 2.45) is 0 Å². The number of nitro benzene ring substituents is 1. The Bertz CT molecular complexity index is 753. The minimum absolute atomic E-state index is 0.0551. The topological polar surface area (TPSA) is 97.5 Å². The normalized spacial score (nSPS) is 11.3. The van der Waals surface area contributed by atoms with Gasteiger partial charge in [0.25, 0.3) is 15.8 Å². The SMILES string of the molecule is O=[N+]([O-])c1ccccc1Cc1ccc(CS(=O)(=O)O)cc1. The van der Waals surface area contributed by atoms with E-state index in [9.17, 15) is 18.5 Å². The zero-order chi connectivity index (χ0) is 15.5. The van der Waals surface area contributed by atoms with Crippen molar-refractivity contribution in [3.8, 4) is 0 Å². The van der Waals surface area contributed by atoms with Crippen molar-refractivity contribution >= 4 is 15.8 Å². The molecule has 0 heterocycles. The van der Waals surface area contributed by atoms with Gasteiger partial charge in [0.05, 0.1) is 4.92 Å². The highest BCUT2D eigenvalue weighted by Gasteiger charge is 2.13. The number of hydrogen-bond acceptors (Lipinski definition) is 4. The Morgan fingerprint density at radius 2 is 1.57 bits per heavy atom. The van der Waals surface area contributed by atoms with Crippen LogP contribution in [0.4, 0.5) is 5.69 Å². The lowest BCUT2D eigenvalue weighted by Gasteiger charge is -2.04. The van der Waals surface area contributed by atoms with Crippen LogP contribution in [0.2, 0.25) is 0 Å². The third-order valence-electron chi connectivity index (χ3n) is 2.95. The van der Waals surface area contributed by atoms with Crippen molar-refractivity contribution in [3.05, 3.63) is 75.3 Å². The Morgan fingerprint density at radius 3 is 2.14 bits per heavy atom. The van der Waals surface area contributed by atoms with Crippen LogP contribution in [0, 0.1) is 10.1 Å². The molecule has 0 saturated heterocycles. The van der Waals surface area contributed by atoms with Crippen LogP contribution < -0.4 is 0 Å². The molecular formula is C14H13NO5S. The van der Waals surface area contributed by atoms with E-state index in [1.807, 2.05) is 0 Å². The molecule has 0 atom stereocenters. The Hall–Kier alpha value is -2.25. The molecule has 0 bridgehead atoms. The second-order valence-corrected chi connectivity index (χ2v) is 6.06. The summed E-state index contributed by atoms with van der Waals surface area (Å²) in [5.41, 5.74) is 1.93. The molecular weight excluding hydrogens is 294 g/mol. The highest BCUT2D eigenvalue weighted by atomic mass is 32.2. The summed E-state index contributed by atoms with van der Waals surface area (Å²) in [6, 6.07) is 13.0. The summed E-state index contributed by atoms with van der Waals surface area (Å²) in [6.07, 6.45) is 0.378. The van der Waals surface area contributed by atoms with Gasteiger partial charge in [-0.1, -0.05) is 42.5 Å². The summed E-state index contributed by atoms with van der Waals surface area (Å²) in [5, 5.41) is 10.9. The molecule has 2 aromatic carbocycles. The summed E-state index contributed by atoms with van der Waals surface area (Å²) in [7, 11) is -4.06. The molecule has 6 nitrogen and oxygen atoms in total. The van der Waals surface area contributed by atoms with Crippen LogP contribution in [-0.2, 0) is 22.3 Å². The largest absolute Gasteiger partial charge is 0.285 e. The lowest BCUT2D eigenvalue weighted by molar-refractivity contribution is -0.385. The van der Waals surface area contributed by atoms with Gasteiger partial charge in [-0.25, -0.2) is 0 Å². The third kappa shape index (κ3) is 4.37. The number of hydrogen-bond donors (Lipinski definition) is 1. The van der Waals surface area contributed by atoms with Gasteiger partial charge in [0, 0.05) is 18.1 Å². The molecule has 0 aliphatic heterocycles. The van der Waals surface area contributed by atoms with Crippen LogP contribution in [-0.4, -0.2) is 17.9 Å². The highest BCUT2D eigenvalue weighted by molar-refractivity contribution is 7.85. The molecule has 21 heavy (non-hydrogen) atoms. The molecule has 0 spiro atoms. The zero-order valence-electron chi connectivity index (χ0n) is 11.0. The third-order valence-corrected chi connectivity index (χ3v) is 3.65. The zero-order valence-corrected chi connectivity index (χ0v) is 11.8. The van der Waals surface area contributed by atoms with Gasteiger partial charge in [0.2, 0.25) is 0 Å². The fourth-order valence-electron chi connectivity index (χ4n) is 2.02. The van der Waals surface area contributed by atoms with Crippen LogP contribution in [0.3, 0.4) is 0 Å². The maximum Gasteiger partial charge on any atom is 0.272 e. The lowest BCUT2D eigenvalue weighted by Crippen LogP contribution is -2.01. The first-order valence-corrected chi connectivity index (χ1v) is 7.71. The van der Waals surface area contributed by atoms with E-state index in [1.54, 1.807) is 42.5 Å². The minimum atomic E-state index is -4.06. The molecule has 0 aromatic heterocycles. The predicted octanol–water partition coefficient (Wildman–Crippen LogP) is 2.57. The highest BCUT2D eigenvalue weighted by Crippen LogP contribution is 2.21. The van der Waals surface area contributed by atoms with Gasteiger partial charge in [-0.3, -0.25) is 14.7 Å². The summed E-state index contributed by atoms with van der Waals surface area (Å²) in [6.45, 7) is 0. The van der Waals surface area contributed by atoms with Crippen molar-refractivity contribution in [1.29, 1.82) is 0 Å². The van der Waals surface area contributed by atoms with Gasteiger partial charge in [0.1, 0.15) is 5.75 Å². The number of nitrogens with zero attached hydrogens (tertiary/aromatic N) is 1. The van der Waals surface area contributed by atoms with Gasteiger partial charge in [0.15, 0.2) is 0 Å². The second kappa shape index (κ2) is 6.02. The number of benzene rings is 2. The van der Waals surface area contributed by atoms with Gasteiger partial charge in [-0.05, 0) is 11.1 Å². The van der Waals surface area contributed by atoms with E-state index >= 15 is 0 Å². The first kappa shape index (κ1) is 15.1. The first-order chi connectivity index (χ1) is 9.85. The summed E-state index contributed by atoms with van der Waals surface area (Å²) >= 11 is 0. The Kier molecular flexibility index (Phi) is 4.35. The predicted molar refractivity (Wildman–Crippen MR) is 77.6 cm³/mol. The van der Waals surface area contributed by atoms with E-state index < -0.39 is 20.8 Å². The lowest BCUT2D eigenvalue weighted by atomic mass is 10.0. The molecule has 0 radical (unpaired) electrons. The number of rotatable bonds is 5. The second-order valence-electron chi connectivity index (χ2n) is 4.61. The average molecular weight is 307 g/mol. The van der Waals surface area contributed by atoms with E-state index in [4.69, 9.17) is 4.55 Å². The number of nitro groups is 1. The molecule has 0 saturated carbocycles. The minimum Gasteiger partial charge on any atom is -0.285 e. The van der Waals surface area contributed by atoms with Crippen molar-refractivity contribution in [3.63, 3.8) is 0 Å². The molecule has 1 N–H and O–H groups in total. The van der Waals surface area contributed by atoms with E-state index in [0.29, 0.717) is 17.5 Å². The molecule has 0 fully saturated rings. The Balaban J connectivity index is 2.20. The molecule has 0 aliphatic rings. The Labute approximate surface area is 121 Å². The van der Waals surface area contributed by atoms with Crippen LogP contribution in [0.15, 0.2) is 48.5 Å². The van der Waals surface area contributed by atoms with Crippen LogP contribution in [0.25, 0.3) is 0 Å². The molecule has 2 aromatic rings. The molecule has 110 valence electrons. The Morgan fingerprint density at radius 1 is 1.00 bits per heavy atom. The van der Waals surface area contributed by atoms with Gasteiger partial charge in [-0.2, -0.15) is 8.42 Å². The van der Waals surface area contributed by atoms with Crippen molar-refractivity contribution in [2.75, 3.05) is 0 Å². The fraction of sp³-hybridized carbons (Fsp3) is 0.143. The summed E-state index contributed by atoms with van der Waals surface area (Å²) < 4.78 is 30.3. The maximum absolute atomic E-state index is 10.9. The molecule has 2 rings (SSSR count).